The molecule has 20 unspecified atom stereocenters. The molecule has 12 nitrogen and oxygen atoms in total. The minimum Gasteiger partial charge on any atom is -0.481 e. The van der Waals surface area contributed by atoms with E-state index in [0.29, 0.717) is 17.8 Å². The zero-order valence-corrected chi connectivity index (χ0v) is 33.4. The van der Waals surface area contributed by atoms with Crippen LogP contribution in [0.1, 0.15) is 113 Å². The van der Waals surface area contributed by atoms with Crippen LogP contribution < -0.4 is 0 Å². The maximum Gasteiger partial charge on any atom is 0.309 e. The van der Waals surface area contributed by atoms with Gasteiger partial charge < -0.3 is 54.7 Å². The molecule has 7 N–H and O–H groups in total. The normalized spacial score (nSPS) is 55.5. The Balaban J connectivity index is 1.13. The first kappa shape index (κ1) is 41.0. The lowest BCUT2D eigenvalue weighted by atomic mass is 9.32. The number of fused-ring (bicyclic) bond motifs is 7. The number of carboxylic acid groups (broad SMARTS) is 1. The van der Waals surface area contributed by atoms with Gasteiger partial charge in [-0.2, -0.15) is 0 Å². The molecular weight excluding hydrogens is 696 g/mol. The standard InChI is InChI=1S/C42H68O12/c1-20(2)22-11-16-42(37(49)50)18-17-40(7)23(28(22)42)9-10-26-39(6)14-13-27(38(4,5)25(39)12-15-41(26,40)8)53-36-34(32(47)29(44)21(3)51-36)54-35-33(48)31(46)30(45)24(19-43)52-35/h21-36,43-48H,1,9-19H2,2-8H3,(H,49,50). The highest BCUT2D eigenvalue weighted by Crippen LogP contribution is 2.77. The second kappa shape index (κ2) is 14.0. The van der Waals surface area contributed by atoms with Gasteiger partial charge in [-0.15, -0.1) is 0 Å². The number of rotatable bonds is 7. The maximum atomic E-state index is 13.1. The minimum atomic E-state index is -1.70. The number of allylic oxidation sites excluding steroid dienone is 1. The Morgan fingerprint density at radius 1 is 0.741 bits per heavy atom. The molecule has 0 aromatic rings. The third-order valence-electron chi connectivity index (χ3n) is 17.7. The Hall–Kier alpha value is -1.19. The van der Waals surface area contributed by atoms with Gasteiger partial charge in [-0.25, -0.2) is 0 Å². The SMILES string of the molecule is C=C(C)C1CCC2(C(=O)O)CCC3(C)C(CCC4C5(C)CCC(OC6OC(C)C(O)C(O)C6OC6OC(CO)C(O)C(O)C6O)C(C)(C)C5CCC43C)C12. The number of ether oxygens (including phenoxy) is 4. The van der Waals surface area contributed by atoms with E-state index in [1.807, 2.05) is 0 Å². The van der Waals surface area contributed by atoms with Crippen LogP contribution in [-0.2, 0) is 23.7 Å². The predicted molar refractivity (Wildman–Crippen MR) is 196 cm³/mol. The van der Waals surface area contributed by atoms with Crippen LogP contribution in [0.4, 0.5) is 0 Å². The summed E-state index contributed by atoms with van der Waals surface area (Å²) in [6, 6.07) is 0. The molecule has 7 rings (SSSR count). The first-order valence-corrected chi connectivity index (χ1v) is 20.7. The minimum absolute atomic E-state index is 0.0117. The monoisotopic (exact) mass is 764 g/mol. The Kier molecular flexibility index (Phi) is 10.6. The van der Waals surface area contributed by atoms with Crippen LogP contribution >= 0.6 is 0 Å². The molecule has 2 heterocycles. The molecule has 2 aliphatic heterocycles. The van der Waals surface area contributed by atoms with Crippen molar-refractivity contribution in [2.45, 2.75) is 180 Å². The number of carboxylic acids is 1. The van der Waals surface area contributed by atoms with Crippen molar-refractivity contribution in [2.75, 3.05) is 6.61 Å². The summed E-state index contributed by atoms with van der Waals surface area (Å²) in [6.07, 6.45) is -4.88. The second-order valence-corrected chi connectivity index (χ2v) is 20.1. The zero-order chi connectivity index (χ0) is 39.5. The van der Waals surface area contributed by atoms with E-state index in [1.165, 1.54) is 0 Å². The highest BCUT2D eigenvalue weighted by Gasteiger charge is 2.72. The van der Waals surface area contributed by atoms with Crippen molar-refractivity contribution in [1.82, 2.24) is 0 Å². The van der Waals surface area contributed by atoms with E-state index in [4.69, 9.17) is 18.9 Å². The van der Waals surface area contributed by atoms with Gasteiger partial charge in [0.2, 0.25) is 0 Å². The Morgan fingerprint density at radius 2 is 1.44 bits per heavy atom. The number of hydrogen-bond donors (Lipinski definition) is 7. The Labute approximate surface area is 320 Å². The molecule has 0 amide bonds. The van der Waals surface area contributed by atoms with Crippen LogP contribution in [0.25, 0.3) is 0 Å². The lowest BCUT2D eigenvalue weighted by molar-refractivity contribution is -0.376. The van der Waals surface area contributed by atoms with E-state index in [9.17, 15) is 40.5 Å². The van der Waals surface area contributed by atoms with Gasteiger partial charge in [0.05, 0.1) is 24.2 Å². The van der Waals surface area contributed by atoms with E-state index in [1.54, 1.807) is 6.92 Å². The average molecular weight is 765 g/mol. The summed E-state index contributed by atoms with van der Waals surface area (Å²) in [5.74, 6) is 0.869. The molecule has 0 bridgehead atoms. The van der Waals surface area contributed by atoms with E-state index in [-0.39, 0.29) is 39.6 Å². The highest BCUT2D eigenvalue weighted by molar-refractivity contribution is 5.76. The first-order valence-electron chi connectivity index (χ1n) is 20.7. The average Bonchev–Trinajstić information content (AvgIpc) is 3.52. The summed E-state index contributed by atoms with van der Waals surface area (Å²) < 4.78 is 24.6. The van der Waals surface area contributed by atoms with Crippen molar-refractivity contribution in [3.8, 4) is 0 Å². The number of hydrogen-bond acceptors (Lipinski definition) is 11. The van der Waals surface area contributed by atoms with Gasteiger partial charge in [0, 0.05) is 0 Å². The van der Waals surface area contributed by atoms with Gasteiger partial charge in [-0.05, 0) is 129 Å². The Morgan fingerprint density at radius 3 is 2.09 bits per heavy atom. The van der Waals surface area contributed by atoms with Gasteiger partial charge in [-0.1, -0.05) is 46.8 Å². The molecule has 7 aliphatic rings. The van der Waals surface area contributed by atoms with Gasteiger partial charge in [0.1, 0.15) is 42.7 Å². The van der Waals surface area contributed by atoms with E-state index < -0.39 is 79.4 Å². The Bertz CT molecular complexity index is 1440. The molecule has 0 spiro atoms. The summed E-state index contributed by atoms with van der Waals surface area (Å²) in [4.78, 5) is 13.1. The van der Waals surface area contributed by atoms with E-state index in [2.05, 4.69) is 48.1 Å². The summed E-state index contributed by atoms with van der Waals surface area (Å²) in [5, 5.41) is 74.0. The van der Waals surface area contributed by atoms with Crippen LogP contribution in [-0.4, -0.2) is 116 Å². The van der Waals surface area contributed by atoms with Crippen LogP contribution in [0.5, 0.6) is 0 Å². The van der Waals surface area contributed by atoms with E-state index >= 15 is 0 Å². The van der Waals surface area contributed by atoms with Gasteiger partial charge in [0.25, 0.3) is 0 Å². The number of carbonyl (C=O) groups is 1. The summed E-state index contributed by atoms with van der Waals surface area (Å²) in [6.45, 7) is 19.5. The summed E-state index contributed by atoms with van der Waals surface area (Å²) in [7, 11) is 0. The van der Waals surface area contributed by atoms with Crippen molar-refractivity contribution in [1.29, 1.82) is 0 Å². The molecule has 2 saturated heterocycles. The fourth-order valence-electron chi connectivity index (χ4n) is 14.5. The van der Waals surface area contributed by atoms with Crippen molar-refractivity contribution in [3.63, 3.8) is 0 Å². The van der Waals surface area contributed by atoms with Crippen LogP contribution in [0.2, 0.25) is 0 Å². The van der Waals surface area contributed by atoms with E-state index in [0.717, 1.165) is 69.8 Å². The van der Waals surface area contributed by atoms with Crippen molar-refractivity contribution < 1.29 is 59.5 Å². The summed E-state index contributed by atoms with van der Waals surface area (Å²) >= 11 is 0. The number of aliphatic hydroxyl groups excluding tert-OH is 6. The molecule has 7 fully saturated rings. The topological polar surface area (TPSA) is 196 Å². The quantitative estimate of drug-likeness (QED) is 0.147. The van der Waals surface area contributed by atoms with Gasteiger partial charge in [-0.3, -0.25) is 4.79 Å². The highest BCUT2D eigenvalue weighted by atomic mass is 16.8. The smallest absolute Gasteiger partial charge is 0.309 e. The maximum absolute atomic E-state index is 13.1. The molecular formula is C42H68O12. The molecule has 12 heteroatoms. The van der Waals surface area contributed by atoms with Crippen LogP contribution in [0.15, 0.2) is 12.2 Å². The molecule has 5 saturated carbocycles. The summed E-state index contributed by atoms with van der Waals surface area (Å²) in [5.41, 5.74) is 0.231. The van der Waals surface area contributed by atoms with Crippen LogP contribution in [0, 0.1) is 56.7 Å². The molecule has 0 aromatic carbocycles. The van der Waals surface area contributed by atoms with Gasteiger partial charge >= 0.3 is 5.97 Å². The number of aliphatic hydroxyl groups is 6. The largest absolute Gasteiger partial charge is 0.481 e. The molecule has 0 radical (unpaired) electrons. The fourth-order valence-corrected chi connectivity index (χ4v) is 14.5. The van der Waals surface area contributed by atoms with Crippen molar-refractivity contribution >= 4 is 5.97 Å². The van der Waals surface area contributed by atoms with Crippen molar-refractivity contribution in [2.24, 2.45) is 56.7 Å². The first-order chi connectivity index (χ1) is 25.2. The molecule has 5 aliphatic carbocycles. The zero-order valence-electron chi connectivity index (χ0n) is 33.4. The predicted octanol–water partition coefficient (Wildman–Crippen LogP) is 3.77. The third-order valence-corrected chi connectivity index (χ3v) is 17.7. The second-order valence-electron chi connectivity index (χ2n) is 20.1. The molecule has 54 heavy (non-hydrogen) atoms. The van der Waals surface area contributed by atoms with Crippen molar-refractivity contribution in [3.05, 3.63) is 12.2 Å². The molecule has 308 valence electrons. The van der Waals surface area contributed by atoms with Crippen LogP contribution in [0.3, 0.4) is 0 Å². The fraction of sp³-hybridized carbons (Fsp3) is 0.929. The third kappa shape index (κ3) is 5.77. The lowest BCUT2D eigenvalue weighted by Gasteiger charge is -2.73. The van der Waals surface area contributed by atoms with Gasteiger partial charge in [0.15, 0.2) is 12.6 Å². The molecule has 20 atom stereocenters. The molecule has 0 aromatic heterocycles. The number of aliphatic carboxylic acids is 1. The lowest BCUT2D eigenvalue weighted by Crippen LogP contribution is -2.68.